The quantitative estimate of drug-likeness (QED) is 0.604. The van der Waals surface area contributed by atoms with E-state index < -0.39 is 15.7 Å². The van der Waals surface area contributed by atoms with E-state index in [9.17, 15) is 12.8 Å². The van der Waals surface area contributed by atoms with E-state index in [1.54, 1.807) is 5.48 Å². The predicted molar refractivity (Wildman–Crippen MR) is 52.9 cm³/mol. The molecule has 1 aromatic rings. The van der Waals surface area contributed by atoms with E-state index >= 15 is 0 Å². The molecule has 0 atom stereocenters. The van der Waals surface area contributed by atoms with Crippen LogP contribution in [0.4, 0.5) is 4.39 Å². The van der Waals surface area contributed by atoms with E-state index in [1.165, 1.54) is 13.0 Å². The van der Waals surface area contributed by atoms with Crippen molar-refractivity contribution in [3.05, 3.63) is 29.1 Å². The molecule has 0 unspecified atom stereocenters. The normalized spacial score (nSPS) is 11.7. The Balaban J connectivity index is 3.36. The number of benzene rings is 1. The molecule has 0 bridgehead atoms. The van der Waals surface area contributed by atoms with Gasteiger partial charge in [-0.15, -0.1) is 0 Å². The minimum absolute atomic E-state index is 0.0779. The second-order valence-corrected chi connectivity index (χ2v) is 5.30. The highest BCUT2D eigenvalue weighted by Crippen LogP contribution is 2.19. The maximum Gasteiger partial charge on any atom is 0.175 e. The Morgan fingerprint density at radius 3 is 2.53 bits per heavy atom. The minimum atomic E-state index is -3.37. The SMILES string of the molecule is Cc1cc(F)c(CNO)cc1S(C)(=O)=O. The zero-order valence-electron chi connectivity index (χ0n) is 8.41. The molecule has 0 saturated carbocycles. The van der Waals surface area contributed by atoms with Crippen LogP contribution in [-0.4, -0.2) is 19.9 Å². The topological polar surface area (TPSA) is 66.4 Å². The summed E-state index contributed by atoms with van der Waals surface area (Å²) < 4.78 is 35.9. The zero-order chi connectivity index (χ0) is 11.6. The molecule has 0 heterocycles. The molecule has 1 aromatic carbocycles. The highest BCUT2D eigenvalue weighted by atomic mass is 32.2. The predicted octanol–water partition coefficient (Wildman–Crippen LogP) is 1.02. The van der Waals surface area contributed by atoms with Crippen LogP contribution in [0, 0.1) is 12.7 Å². The second kappa shape index (κ2) is 4.26. The molecule has 15 heavy (non-hydrogen) atoms. The number of rotatable bonds is 3. The molecule has 0 saturated heterocycles. The third-order valence-corrected chi connectivity index (χ3v) is 3.25. The molecular weight excluding hydrogens is 221 g/mol. The van der Waals surface area contributed by atoms with Gasteiger partial charge in [0.15, 0.2) is 9.84 Å². The number of nitrogens with one attached hydrogen (secondary N) is 1. The Morgan fingerprint density at radius 2 is 2.07 bits per heavy atom. The number of halogens is 1. The molecule has 4 nitrogen and oxygen atoms in total. The average Bonchev–Trinajstić information content (AvgIpc) is 2.07. The van der Waals surface area contributed by atoms with Gasteiger partial charge in [0.25, 0.3) is 0 Å². The van der Waals surface area contributed by atoms with E-state index in [0.717, 1.165) is 12.3 Å². The van der Waals surface area contributed by atoms with E-state index in [4.69, 9.17) is 5.21 Å². The second-order valence-electron chi connectivity index (χ2n) is 3.32. The van der Waals surface area contributed by atoms with Crippen molar-refractivity contribution < 1.29 is 18.0 Å². The van der Waals surface area contributed by atoms with Crippen LogP contribution in [0.25, 0.3) is 0 Å². The van der Waals surface area contributed by atoms with Crippen molar-refractivity contribution in [2.75, 3.05) is 6.26 Å². The van der Waals surface area contributed by atoms with Gasteiger partial charge in [0.2, 0.25) is 0 Å². The molecule has 2 N–H and O–H groups in total. The number of aryl methyl sites for hydroxylation is 1. The molecule has 0 aliphatic rings. The third kappa shape index (κ3) is 2.74. The lowest BCUT2D eigenvalue weighted by molar-refractivity contribution is 0.160. The van der Waals surface area contributed by atoms with Crippen LogP contribution in [0.3, 0.4) is 0 Å². The number of hydrogen-bond acceptors (Lipinski definition) is 4. The van der Waals surface area contributed by atoms with E-state index in [2.05, 4.69) is 0 Å². The van der Waals surface area contributed by atoms with Crippen LogP contribution in [0.2, 0.25) is 0 Å². The fourth-order valence-corrected chi connectivity index (χ4v) is 2.32. The van der Waals surface area contributed by atoms with Crippen LogP contribution in [-0.2, 0) is 16.4 Å². The molecule has 1 rings (SSSR count). The Bertz CT molecular complexity index is 470. The lowest BCUT2D eigenvalue weighted by Crippen LogP contribution is -2.10. The minimum Gasteiger partial charge on any atom is -0.316 e. The van der Waals surface area contributed by atoms with Gasteiger partial charge in [-0.2, -0.15) is 0 Å². The maximum atomic E-state index is 13.3. The van der Waals surface area contributed by atoms with Crippen LogP contribution < -0.4 is 5.48 Å². The van der Waals surface area contributed by atoms with Crippen LogP contribution >= 0.6 is 0 Å². The smallest absolute Gasteiger partial charge is 0.175 e. The molecule has 0 radical (unpaired) electrons. The van der Waals surface area contributed by atoms with E-state index in [-0.39, 0.29) is 17.0 Å². The fourth-order valence-electron chi connectivity index (χ4n) is 1.32. The Hall–Kier alpha value is -0.980. The zero-order valence-corrected chi connectivity index (χ0v) is 9.23. The van der Waals surface area contributed by atoms with Gasteiger partial charge in [0, 0.05) is 18.4 Å². The molecule has 0 amide bonds. The van der Waals surface area contributed by atoms with Gasteiger partial charge < -0.3 is 5.21 Å². The molecule has 6 heteroatoms. The summed E-state index contributed by atoms with van der Waals surface area (Å²) in [5, 5.41) is 8.44. The monoisotopic (exact) mass is 233 g/mol. The van der Waals surface area contributed by atoms with E-state index in [0.29, 0.717) is 5.56 Å². The highest BCUT2D eigenvalue weighted by molar-refractivity contribution is 7.90. The van der Waals surface area contributed by atoms with Crippen molar-refractivity contribution >= 4 is 9.84 Å². The van der Waals surface area contributed by atoms with Gasteiger partial charge in [0.05, 0.1) is 4.90 Å². The van der Waals surface area contributed by atoms with Crippen molar-refractivity contribution in [1.29, 1.82) is 0 Å². The summed E-state index contributed by atoms with van der Waals surface area (Å²) in [7, 11) is -3.37. The van der Waals surface area contributed by atoms with Crippen molar-refractivity contribution in [2.24, 2.45) is 0 Å². The molecular formula is C9H12FNO3S. The molecule has 0 fully saturated rings. The molecule has 0 aliphatic carbocycles. The molecule has 0 spiro atoms. The van der Waals surface area contributed by atoms with Gasteiger partial charge in [-0.1, -0.05) is 0 Å². The van der Waals surface area contributed by atoms with Gasteiger partial charge >= 0.3 is 0 Å². The lowest BCUT2D eigenvalue weighted by atomic mass is 10.1. The largest absolute Gasteiger partial charge is 0.316 e. The summed E-state index contributed by atoms with van der Waals surface area (Å²) in [5.41, 5.74) is 2.26. The first-order chi connectivity index (χ1) is 6.86. The van der Waals surface area contributed by atoms with Crippen LogP contribution in [0.15, 0.2) is 17.0 Å². The standard InChI is InChI=1S/C9H12FNO3S/c1-6-3-8(10)7(5-11-12)4-9(6)15(2,13)14/h3-4,11-12H,5H2,1-2H3. The first-order valence-electron chi connectivity index (χ1n) is 4.22. The average molecular weight is 233 g/mol. The van der Waals surface area contributed by atoms with Crippen molar-refractivity contribution in [1.82, 2.24) is 5.48 Å². The summed E-state index contributed by atoms with van der Waals surface area (Å²) in [6, 6.07) is 2.37. The van der Waals surface area contributed by atoms with Crippen LogP contribution in [0.1, 0.15) is 11.1 Å². The fraction of sp³-hybridized carbons (Fsp3) is 0.333. The first-order valence-corrected chi connectivity index (χ1v) is 6.11. The number of hydrogen-bond donors (Lipinski definition) is 2. The van der Waals surface area contributed by atoms with Gasteiger partial charge in [-0.25, -0.2) is 18.3 Å². The maximum absolute atomic E-state index is 13.3. The van der Waals surface area contributed by atoms with E-state index in [1.807, 2.05) is 0 Å². The number of hydroxylamine groups is 1. The first kappa shape index (κ1) is 12.1. The summed E-state index contributed by atoms with van der Waals surface area (Å²) >= 11 is 0. The Labute approximate surface area is 87.6 Å². The number of sulfone groups is 1. The molecule has 0 aromatic heterocycles. The summed E-state index contributed by atoms with van der Waals surface area (Å²) in [6.45, 7) is 1.39. The molecule has 84 valence electrons. The van der Waals surface area contributed by atoms with Gasteiger partial charge in [-0.3, -0.25) is 0 Å². The highest BCUT2D eigenvalue weighted by Gasteiger charge is 2.14. The Kier molecular flexibility index (Phi) is 3.43. The molecule has 0 aliphatic heterocycles. The Morgan fingerprint density at radius 1 is 1.47 bits per heavy atom. The van der Waals surface area contributed by atoms with Gasteiger partial charge in [-0.05, 0) is 24.6 Å². The summed E-state index contributed by atoms with van der Waals surface area (Å²) in [4.78, 5) is 0.0779. The summed E-state index contributed by atoms with van der Waals surface area (Å²) in [6.07, 6.45) is 1.06. The van der Waals surface area contributed by atoms with Crippen LogP contribution in [0.5, 0.6) is 0 Å². The van der Waals surface area contributed by atoms with Crippen molar-refractivity contribution in [2.45, 2.75) is 18.4 Å². The van der Waals surface area contributed by atoms with Gasteiger partial charge in [0.1, 0.15) is 5.82 Å². The lowest BCUT2D eigenvalue weighted by Gasteiger charge is -2.08. The van der Waals surface area contributed by atoms with Crippen molar-refractivity contribution in [3.63, 3.8) is 0 Å². The third-order valence-electron chi connectivity index (χ3n) is 2.01. The van der Waals surface area contributed by atoms with Crippen molar-refractivity contribution in [3.8, 4) is 0 Å². The summed E-state index contributed by atoms with van der Waals surface area (Å²) in [5.74, 6) is -0.540.